The molecule has 0 saturated carbocycles. The van der Waals surface area contributed by atoms with Crippen LogP contribution < -0.4 is 10.1 Å². The summed E-state index contributed by atoms with van der Waals surface area (Å²) in [5.74, 6) is 0.998. The number of hydrogen-bond acceptors (Lipinski definition) is 4. The molecule has 0 fully saturated rings. The summed E-state index contributed by atoms with van der Waals surface area (Å²) in [5.41, 5.74) is 0.0534. The Bertz CT molecular complexity index is 501. The molecule has 0 aliphatic carbocycles. The Kier molecular flexibility index (Phi) is 4.88. The molecule has 2 unspecified atom stereocenters. The molecule has 0 aromatic heterocycles. The Balaban J connectivity index is 2.48. The number of benzene rings is 1. The predicted molar refractivity (Wildman–Crippen MR) is 82.3 cm³/mol. The first-order chi connectivity index (χ1) is 10.0. The highest BCUT2D eigenvalue weighted by Gasteiger charge is 2.50. The summed E-state index contributed by atoms with van der Waals surface area (Å²) in [6, 6.07) is 7.72. The van der Waals surface area contributed by atoms with Gasteiger partial charge < -0.3 is 9.47 Å². The van der Waals surface area contributed by atoms with Gasteiger partial charge in [0.2, 0.25) is 0 Å². The minimum Gasteiger partial charge on any atom is -0.493 e. The minimum absolute atomic E-state index is 0.00481. The fourth-order valence-corrected chi connectivity index (χ4v) is 2.79. The van der Waals surface area contributed by atoms with Crippen LogP contribution in [-0.2, 0) is 15.1 Å². The third-order valence-electron chi connectivity index (χ3n) is 3.93. The zero-order valence-electron chi connectivity index (χ0n) is 13.3. The van der Waals surface area contributed by atoms with Crippen LogP contribution in [0.15, 0.2) is 24.3 Å². The highest BCUT2D eigenvalue weighted by Crippen LogP contribution is 2.41. The van der Waals surface area contributed by atoms with Crippen molar-refractivity contribution in [2.24, 2.45) is 11.8 Å². The van der Waals surface area contributed by atoms with Crippen molar-refractivity contribution in [3.63, 3.8) is 0 Å². The molecule has 1 heterocycles. The van der Waals surface area contributed by atoms with Gasteiger partial charge in [0.1, 0.15) is 5.75 Å². The lowest BCUT2D eigenvalue weighted by Gasteiger charge is -2.42. The van der Waals surface area contributed by atoms with Crippen molar-refractivity contribution in [1.82, 2.24) is 5.32 Å². The maximum absolute atomic E-state index is 12.8. The molecule has 1 aliphatic rings. The lowest BCUT2D eigenvalue weighted by molar-refractivity contribution is -0.156. The van der Waals surface area contributed by atoms with Crippen molar-refractivity contribution >= 4 is 5.97 Å². The number of ether oxygens (including phenoxy) is 2. The van der Waals surface area contributed by atoms with Gasteiger partial charge in [0, 0.05) is 11.5 Å². The summed E-state index contributed by atoms with van der Waals surface area (Å²) in [5, 5.41) is 3.47. The topological polar surface area (TPSA) is 47.6 Å². The van der Waals surface area contributed by atoms with Crippen LogP contribution >= 0.6 is 0 Å². The monoisotopic (exact) mass is 291 g/mol. The van der Waals surface area contributed by atoms with Crippen LogP contribution in [0.1, 0.15) is 33.3 Å². The smallest absolute Gasteiger partial charge is 0.331 e. The van der Waals surface area contributed by atoms with Crippen molar-refractivity contribution in [2.75, 3.05) is 19.8 Å². The number of esters is 1. The number of para-hydroxylation sites is 1. The van der Waals surface area contributed by atoms with Crippen molar-refractivity contribution < 1.29 is 14.3 Å². The number of nitrogens with one attached hydrogen (secondary N) is 1. The molecule has 0 bridgehead atoms. The lowest BCUT2D eigenvalue weighted by atomic mass is 9.76. The second-order valence-electron chi connectivity index (χ2n) is 6.01. The second kappa shape index (κ2) is 6.48. The van der Waals surface area contributed by atoms with Gasteiger partial charge in [-0.25, -0.2) is 4.79 Å². The number of carbonyl (C=O) groups is 1. The van der Waals surface area contributed by atoms with E-state index in [0.717, 1.165) is 17.9 Å². The standard InChI is InChI=1S/C17H25NO3/c1-5-20-16(19)17(18-10-12(2)3)13(4)11-21-15-9-7-6-8-14(15)17/h6-9,12-13,18H,5,10-11H2,1-4H3. The van der Waals surface area contributed by atoms with Crippen molar-refractivity contribution in [3.8, 4) is 5.75 Å². The number of carbonyl (C=O) groups excluding carboxylic acids is 1. The average Bonchev–Trinajstić information content (AvgIpc) is 2.46. The van der Waals surface area contributed by atoms with Crippen LogP contribution in [-0.4, -0.2) is 25.7 Å². The van der Waals surface area contributed by atoms with E-state index in [0.29, 0.717) is 19.1 Å². The van der Waals surface area contributed by atoms with E-state index in [-0.39, 0.29) is 11.9 Å². The molecular formula is C17H25NO3. The third-order valence-corrected chi connectivity index (χ3v) is 3.93. The highest BCUT2D eigenvalue weighted by atomic mass is 16.5. The molecule has 1 aliphatic heterocycles. The van der Waals surface area contributed by atoms with Gasteiger partial charge in [0.15, 0.2) is 5.54 Å². The summed E-state index contributed by atoms with van der Waals surface area (Å²) in [6.45, 7) is 9.74. The Morgan fingerprint density at radius 3 is 2.86 bits per heavy atom. The Hall–Kier alpha value is -1.55. The van der Waals surface area contributed by atoms with Crippen LogP contribution in [0.2, 0.25) is 0 Å². The zero-order chi connectivity index (χ0) is 15.5. The molecule has 2 rings (SSSR count). The quantitative estimate of drug-likeness (QED) is 0.847. The molecule has 4 heteroatoms. The molecular weight excluding hydrogens is 266 g/mol. The van der Waals surface area contributed by atoms with Crippen LogP contribution in [0.5, 0.6) is 5.75 Å². The van der Waals surface area contributed by atoms with Crippen molar-refractivity contribution in [3.05, 3.63) is 29.8 Å². The van der Waals surface area contributed by atoms with Crippen molar-refractivity contribution in [1.29, 1.82) is 0 Å². The molecule has 0 spiro atoms. The predicted octanol–water partition coefficient (Wildman–Crippen LogP) is 2.72. The van der Waals surface area contributed by atoms with Gasteiger partial charge in [0.25, 0.3) is 0 Å². The van der Waals surface area contributed by atoms with Crippen LogP contribution in [0.3, 0.4) is 0 Å². The zero-order valence-corrected chi connectivity index (χ0v) is 13.3. The Morgan fingerprint density at radius 1 is 1.48 bits per heavy atom. The van der Waals surface area contributed by atoms with Gasteiger partial charge in [-0.3, -0.25) is 5.32 Å². The van der Waals surface area contributed by atoms with E-state index < -0.39 is 5.54 Å². The van der Waals surface area contributed by atoms with E-state index in [9.17, 15) is 4.79 Å². The van der Waals surface area contributed by atoms with Gasteiger partial charge in [-0.15, -0.1) is 0 Å². The fourth-order valence-electron chi connectivity index (χ4n) is 2.79. The van der Waals surface area contributed by atoms with E-state index >= 15 is 0 Å². The van der Waals surface area contributed by atoms with E-state index in [1.54, 1.807) is 0 Å². The van der Waals surface area contributed by atoms with E-state index in [2.05, 4.69) is 19.2 Å². The van der Waals surface area contributed by atoms with Gasteiger partial charge in [0.05, 0.1) is 13.2 Å². The summed E-state index contributed by atoms with van der Waals surface area (Å²) < 4.78 is 11.2. The second-order valence-corrected chi connectivity index (χ2v) is 6.01. The summed E-state index contributed by atoms with van der Waals surface area (Å²) in [7, 11) is 0. The van der Waals surface area contributed by atoms with E-state index in [1.807, 2.05) is 38.1 Å². The lowest BCUT2D eigenvalue weighted by Crippen LogP contribution is -2.58. The van der Waals surface area contributed by atoms with Gasteiger partial charge in [-0.2, -0.15) is 0 Å². The first kappa shape index (κ1) is 15.8. The third kappa shape index (κ3) is 2.91. The molecule has 21 heavy (non-hydrogen) atoms. The Labute approximate surface area is 126 Å². The van der Waals surface area contributed by atoms with Gasteiger partial charge in [-0.1, -0.05) is 39.0 Å². The Morgan fingerprint density at radius 2 is 2.19 bits per heavy atom. The number of fused-ring (bicyclic) bond motifs is 1. The summed E-state index contributed by atoms with van der Waals surface area (Å²) in [4.78, 5) is 12.8. The molecule has 1 aromatic rings. The first-order valence-corrected chi connectivity index (χ1v) is 7.66. The molecule has 2 atom stereocenters. The molecule has 4 nitrogen and oxygen atoms in total. The van der Waals surface area contributed by atoms with Crippen LogP contribution in [0.4, 0.5) is 0 Å². The maximum Gasteiger partial charge on any atom is 0.331 e. The van der Waals surface area contributed by atoms with E-state index in [4.69, 9.17) is 9.47 Å². The van der Waals surface area contributed by atoms with Gasteiger partial charge >= 0.3 is 5.97 Å². The first-order valence-electron chi connectivity index (χ1n) is 7.66. The SMILES string of the molecule is CCOC(=O)C1(NCC(C)C)c2ccccc2OCC1C. The number of rotatable bonds is 5. The number of hydrogen-bond donors (Lipinski definition) is 1. The van der Waals surface area contributed by atoms with Crippen molar-refractivity contribution in [2.45, 2.75) is 33.2 Å². The summed E-state index contributed by atoms with van der Waals surface area (Å²) in [6.07, 6.45) is 0. The van der Waals surface area contributed by atoms with E-state index in [1.165, 1.54) is 0 Å². The molecule has 1 aromatic carbocycles. The molecule has 0 radical (unpaired) electrons. The largest absolute Gasteiger partial charge is 0.493 e. The molecule has 0 amide bonds. The molecule has 0 saturated heterocycles. The maximum atomic E-state index is 12.8. The normalized spacial score (nSPS) is 24.3. The minimum atomic E-state index is -0.824. The molecule has 1 N–H and O–H groups in total. The highest BCUT2D eigenvalue weighted by molar-refractivity contribution is 5.84. The van der Waals surface area contributed by atoms with Crippen LogP contribution in [0.25, 0.3) is 0 Å². The van der Waals surface area contributed by atoms with Gasteiger partial charge in [-0.05, 0) is 25.5 Å². The average molecular weight is 291 g/mol. The fraction of sp³-hybridized carbons (Fsp3) is 0.588. The summed E-state index contributed by atoms with van der Waals surface area (Å²) >= 11 is 0. The van der Waals surface area contributed by atoms with Crippen LogP contribution in [0, 0.1) is 11.8 Å². The molecule has 116 valence electrons.